The number of aliphatic hydroxyl groups excluding tert-OH is 1. The summed E-state index contributed by atoms with van der Waals surface area (Å²) in [7, 11) is 0. The number of aliphatic hydroxyl groups is 1. The summed E-state index contributed by atoms with van der Waals surface area (Å²) in [5.41, 5.74) is 1.92. The van der Waals surface area contributed by atoms with Crippen LogP contribution in [-0.2, 0) is 5.41 Å². The van der Waals surface area contributed by atoms with Crippen molar-refractivity contribution in [2.45, 2.75) is 19.3 Å². The highest BCUT2D eigenvalue weighted by molar-refractivity contribution is 9.10. The molecule has 0 saturated carbocycles. The molecular formula is C13H15BrN2O. The van der Waals surface area contributed by atoms with E-state index in [1.165, 1.54) is 0 Å². The molecule has 0 saturated heterocycles. The molecule has 0 amide bonds. The molecule has 0 atom stereocenters. The maximum atomic E-state index is 9.36. The van der Waals surface area contributed by atoms with Gasteiger partial charge in [0.25, 0.3) is 0 Å². The summed E-state index contributed by atoms with van der Waals surface area (Å²) < 4.78 is 2.94. The normalized spacial score (nSPS) is 11.8. The van der Waals surface area contributed by atoms with Gasteiger partial charge < -0.3 is 9.67 Å². The molecule has 3 nitrogen and oxygen atoms in total. The Hall–Kier alpha value is -1.13. The summed E-state index contributed by atoms with van der Waals surface area (Å²) >= 11 is 3.56. The van der Waals surface area contributed by atoms with Gasteiger partial charge in [0.15, 0.2) is 0 Å². The molecule has 0 aliphatic carbocycles. The van der Waals surface area contributed by atoms with Crippen LogP contribution in [0.5, 0.6) is 0 Å². The minimum Gasteiger partial charge on any atom is -0.395 e. The lowest BCUT2D eigenvalue weighted by atomic mass is 9.85. The van der Waals surface area contributed by atoms with Crippen molar-refractivity contribution in [1.82, 2.24) is 9.55 Å². The van der Waals surface area contributed by atoms with E-state index in [0.29, 0.717) is 0 Å². The van der Waals surface area contributed by atoms with Gasteiger partial charge >= 0.3 is 0 Å². The lowest BCUT2D eigenvalue weighted by molar-refractivity contribution is 0.218. The van der Waals surface area contributed by atoms with E-state index < -0.39 is 0 Å². The number of halogens is 1. The zero-order valence-electron chi connectivity index (χ0n) is 9.89. The number of aromatic nitrogens is 2. The van der Waals surface area contributed by atoms with Gasteiger partial charge in [-0.3, -0.25) is 0 Å². The maximum Gasteiger partial charge on any atom is 0.0992 e. The Morgan fingerprint density at radius 1 is 1.41 bits per heavy atom. The van der Waals surface area contributed by atoms with Crippen LogP contribution in [0.2, 0.25) is 0 Å². The molecular weight excluding hydrogens is 280 g/mol. The Morgan fingerprint density at radius 3 is 2.71 bits per heavy atom. The Morgan fingerprint density at radius 2 is 2.18 bits per heavy atom. The largest absolute Gasteiger partial charge is 0.395 e. The molecule has 0 aliphatic heterocycles. The van der Waals surface area contributed by atoms with E-state index in [9.17, 15) is 5.11 Å². The van der Waals surface area contributed by atoms with Crippen molar-refractivity contribution in [3.63, 3.8) is 0 Å². The molecule has 0 fully saturated rings. The highest BCUT2D eigenvalue weighted by atomic mass is 79.9. The van der Waals surface area contributed by atoms with E-state index in [1.807, 2.05) is 42.8 Å². The van der Waals surface area contributed by atoms with Crippen molar-refractivity contribution in [3.8, 4) is 5.69 Å². The van der Waals surface area contributed by atoms with Gasteiger partial charge in [-0.05, 0) is 33.6 Å². The highest BCUT2D eigenvalue weighted by Crippen LogP contribution is 2.29. The van der Waals surface area contributed by atoms with Crippen LogP contribution in [0.3, 0.4) is 0 Å². The van der Waals surface area contributed by atoms with E-state index in [4.69, 9.17) is 0 Å². The van der Waals surface area contributed by atoms with Crippen LogP contribution in [0.25, 0.3) is 5.69 Å². The van der Waals surface area contributed by atoms with E-state index in [1.54, 1.807) is 12.5 Å². The minimum atomic E-state index is -0.226. The van der Waals surface area contributed by atoms with Crippen molar-refractivity contribution in [2.24, 2.45) is 0 Å². The van der Waals surface area contributed by atoms with Crippen molar-refractivity contribution in [1.29, 1.82) is 0 Å². The molecule has 90 valence electrons. The molecule has 0 unspecified atom stereocenters. The summed E-state index contributed by atoms with van der Waals surface area (Å²) in [4.78, 5) is 4.03. The molecule has 1 N–H and O–H groups in total. The first-order chi connectivity index (χ1) is 8.04. The zero-order chi connectivity index (χ0) is 12.5. The number of rotatable bonds is 3. The lowest BCUT2D eigenvalue weighted by Crippen LogP contribution is -2.22. The van der Waals surface area contributed by atoms with Crippen molar-refractivity contribution < 1.29 is 5.11 Å². The number of hydrogen-bond acceptors (Lipinski definition) is 2. The summed E-state index contributed by atoms with van der Waals surface area (Å²) in [5.74, 6) is 0. The molecule has 4 heteroatoms. The predicted octanol–water partition coefficient (Wildman–Crippen LogP) is 2.90. The van der Waals surface area contributed by atoms with Gasteiger partial charge in [0.05, 0.1) is 18.6 Å². The van der Waals surface area contributed by atoms with Crippen LogP contribution in [0.15, 0.2) is 41.4 Å². The van der Waals surface area contributed by atoms with Gasteiger partial charge in [-0.2, -0.15) is 0 Å². The van der Waals surface area contributed by atoms with E-state index in [2.05, 4.69) is 20.9 Å². The molecule has 0 spiro atoms. The second-order valence-corrected chi connectivity index (χ2v) is 5.53. The summed E-state index contributed by atoms with van der Waals surface area (Å²) in [6.07, 6.45) is 5.41. The molecule has 0 bridgehead atoms. The Bertz CT molecular complexity index is 506. The van der Waals surface area contributed by atoms with Crippen LogP contribution < -0.4 is 0 Å². The molecule has 1 aromatic carbocycles. The van der Waals surface area contributed by atoms with Crippen LogP contribution >= 0.6 is 15.9 Å². The van der Waals surface area contributed by atoms with Gasteiger partial charge in [-0.25, -0.2) is 4.98 Å². The molecule has 1 aromatic heterocycles. The summed E-state index contributed by atoms with van der Waals surface area (Å²) in [5, 5.41) is 9.36. The van der Waals surface area contributed by atoms with Gasteiger partial charge in [0.2, 0.25) is 0 Å². The SMILES string of the molecule is CC(C)(CO)c1ccc(-n2ccnc2)c(Br)c1. The van der Waals surface area contributed by atoms with Gasteiger partial charge in [-0.1, -0.05) is 19.9 Å². The maximum absolute atomic E-state index is 9.36. The summed E-state index contributed by atoms with van der Waals surface area (Å²) in [6, 6.07) is 6.11. The Balaban J connectivity index is 2.43. The first-order valence-corrected chi connectivity index (χ1v) is 6.23. The molecule has 1 heterocycles. The van der Waals surface area contributed by atoms with Gasteiger partial charge in [-0.15, -0.1) is 0 Å². The molecule has 2 rings (SSSR count). The fourth-order valence-electron chi connectivity index (χ4n) is 1.63. The predicted molar refractivity (Wildman–Crippen MR) is 71.4 cm³/mol. The van der Waals surface area contributed by atoms with Crippen molar-refractivity contribution in [3.05, 3.63) is 47.0 Å². The third kappa shape index (κ3) is 2.42. The average molecular weight is 295 g/mol. The smallest absolute Gasteiger partial charge is 0.0992 e. The molecule has 0 radical (unpaired) electrons. The van der Waals surface area contributed by atoms with Gasteiger partial charge in [0.1, 0.15) is 0 Å². The highest BCUT2D eigenvalue weighted by Gasteiger charge is 2.20. The van der Waals surface area contributed by atoms with Crippen molar-refractivity contribution >= 4 is 15.9 Å². The zero-order valence-corrected chi connectivity index (χ0v) is 11.5. The fourth-order valence-corrected chi connectivity index (χ4v) is 2.21. The molecule has 17 heavy (non-hydrogen) atoms. The third-order valence-corrected chi connectivity index (χ3v) is 3.54. The van der Waals surface area contributed by atoms with Crippen LogP contribution in [0, 0.1) is 0 Å². The number of imidazole rings is 1. The second-order valence-electron chi connectivity index (χ2n) is 4.68. The third-order valence-electron chi connectivity index (χ3n) is 2.91. The first kappa shape index (κ1) is 12.3. The van der Waals surface area contributed by atoms with E-state index in [-0.39, 0.29) is 12.0 Å². The van der Waals surface area contributed by atoms with E-state index in [0.717, 1.165) is 15.7 Å². The Labute approximate surface area is 109 Å². The van der Waals surface area contributed by atoms with Crippen molar-refractivity contribution in [2.75, 3.05) is 6.61 Å². The van der Waals surface area contributed by atoms with Gasteiger partial charge in [0, 0.05) is 22.3 Å². The average Bonchev–Trinajstić information content (AvgIpc) is 2.82. The monoisotopic (exact) mass is 294 g/mol. The van der Waals surface area contributed by atoms with Crippen LogP contribution in [0.1, 0.15) is 19.4 Å². The number of hydrogen-bond donors (Lipinski definition) is 1. The minimum absolute atomic E-state index is 0.129. The first-order valence-electron chi connectivity index (χ1n) is 5.44. The van der Waals surface area contributed by atoms with E-state index >= 15 is 0 Å². The summed E-state index contributed by atoms with van der Waals surface area (Å²) in [6.45, 7) is 4.17. The van der Waals surface area contributed by atoms with Crippen LogP contribution in [-0.4, -0.2) is 21.3 Å². The molecule has 0 aliphatic rings. The number of nitrogens with zero attached hydrogens (tertiary/aromatic N) is 2. The standard InChI is InChI=1S/C13H15BrN2O/c1-13(2,8-17)10-3-4-12(11(14)7-10)16-6-5-15-9-16/h3-7,9,17H,8H2,1-2H3. The number of benzene rings is 1. The fraction of sp³-hybridized carbons (Fsp3) is 0.308. The molecule has 2 aromatic rings. The lowest BCUT2D eigenvalue weighted by Gasteiger charge is -2.23. The second kappa shape index (κ2) is 4.63. The Kier molecular flexibility index (Phi) is 3.35. The topological polar surface area (TPSA) is 38.0 Å². The van der Waals surface area contributed by atoms with Crippen LogP contribution in [0.4, 0.5) is 0 Å². The quantitative estimate of drug-likeness (QED) is 0.945.